The van der Waals surface area contributed by atoms with Gasteiger partial charge in [0.25, 0.3) is 0 Å². The highest BCUT2D eigenvalue weighted by molar-refractivity contribution is 14.0. The number of aliphatic imine (C=N–C) groups is 1. The Balaban J connectivity index is 0.00000225. The Morgan fingerprint density at radius 2 is 2.04 bits per heavy atom. The van der Waals surface area contributed by atoms with Crippen LogP contribution in [0.3, 0.4) is 0 Å². The number of para-hydroxylation sites is 1. The van der Waals surface area contributed by atoms with Crippen molar-refractivity contribution in [3.63, 3.8) is 0 Å². The van der Waals surface area contributed by atoms with Crippen molar-refractivity contribution in [2.75, 3.05) is 37.0 Å². The maximum absolute atomic E-state index is 5.98. The maximum atomic E-state index is 5.98. The SMILES string of the molecule is COc1cccc(N2CCC(CN=C(N)Nc3ccccc3)C2)c1.I. The first-order chi connectivity index (χ1) is 11.7. The quantitative estimate of drug-likeness (QED) is 0.414. The van der Waals surface area contributed by atoms with Gasteiger partial charge in [-0.25, -0.2) is 0 Å². The third-order valence-corrected chi connectivity index (χ3v) is 4.27. The molecule has 134 valence electrons. The van der Waals surface area contributed by atoms with Crippen molar-refractivity contribution < 1.29 is 4.74 Å². The Morgan fingerprint density at radius 3 is 2.80 bits per heavy atom. The molecule has 1 saturated heterocycles. The summed E-state index contributed by atoms with van der Waals surface area (Å²) in [5.41, 5.74) is 8.14. The van der Waals surface area contributed by atoms with Gasteiger partial charge in [-0.2, -0.15) is 0 Å². The predicted molar refractivity (Wildman–Crippen MR) is 115 cm³/mol. The van der Waals surface area contributed by atoms with Crippen LogP contribution in [0.25, 0.3) is 0 Å². The van der Waals surface area contributed by atoms with Gasteiger partial charge in [-0.05, 0) is 36.6 Å². The normalized spacial score (nSPS) is 17.1. The molecule has 1 aliphatic heterocycles. The molecule has 0 aromatic heterocycles. The number of benzene rings is 2. The van der Waals surface area contributed by atoms with Gasteiger partial charge < -0.3 is 20.7 Å². The molecule has 0 aliphatic carbocycles. The number of ether oxygens (including phenoxy) is 1. The molecule has 5 nitrogen and oxygen atoms in total. The lowest BCUT2D eigenvalue weighted by molar-refractivity contribution is 0.415. The number of halogens is 1. The number of hydrogen-bond donors (Lipinski definition) is 2. The van der Waals surface area contributed by atoms with Crippen LogP contribution in [0.4, 0.5) is 11.4 Å². The van der Waals surface area contributed by atoms with Crippen molar-refractivity contribution in [1.82, 2.24) is 0 Å². The van der Waals surface area contributed by atoms with Gasteiger partial charge in [0.05, 0.1) is 7.11 Å². The summed E-state index contributed by atoms with van der Waals surface area (Å²) in [4.78, 5) is 6.87. The molecule has 6 heteroatoms. The minimum absolute atomic E-state index is 0. The van der Waals surface area contributed by atoms with Crippen LogP contribution in [0.1, 0.15) is 6.42 Å². The molecule has 1 fully saturated rings. The van der Waals surface area contributed by atoms with Crippen LogP contribution in [-0.2, 0) is 0 Å². The van der Waals surface area contributed by atoms with E-state index in [1.165, 1.54) is 5.69 Å². The molecule has 0 spiro atoms. The number of rotatable bonds is 5. The number of nitrogens with two attached hydrogens (primary N) is 1. The van der Waals surface area contributed by atoms with E-state index in [0.717, 1.165) is 37.5 Å². The van der Waals surface area contributed by atoms with E-state index in [-0.39, 0.29) is 24.0 Å². The van der Waals surface area contributed by atoms with Crippen LogP contribution in [0.2, 0.25) is 0 Å². The topological polar surface area (TPSA) is 62.9 Å². The number of nitrogens with zero attached hydrogens (tertiary/aromatic N) is 2. The van der Waals surface area contributed by atoms with Gasteiger partial charge in [0.15, 0.2) is 5.96 Å². The number of anilines is 2. The molecule has 1 aliphatic rings. The van der Waals surface area contributed by atoms with Gasteiger partial charge >= 0.3 is 0 Å². The highest BCUT2D eigenvalue weighted by atomic mass is 127. The van der Waals surface area contributed by atoms with Crippen molar-refractivity contribution in [3.8, 4) is 5.75 Å². The van der Waals surface area contributed by atoms with Crippen molar-refractivity contribution in [1.29, 1.82) is 0 Å². The van der Waals surface area contributed by atoms with Gasteiger partial charge in [-0.1, -0.05) is 24.3 Å². The Hall–Kier alpha value is -1.96. The Morgan fingerprint density at radius 1 is 1.24 bits per heavy atom. The third-order valence-electron chi connectivity index (χ3n) is 4.27. The molecular formula is C19H25IN4O. The fraction of sp³-hybridized carbons (Fsp3) is 0.316. The van der Waals surface area contributed by atoms with Crippen molar-refractivity contribution >= 4 is 41.3 Å². The van der Waals surface area contributed by atoms with Crippen LogP contribution in [0, 0.1) is 5.92 Å². The Bertz CT molecular complexity index is 693. The van der Waals surface area contributed by atoms with E-state index < -0.39 is 0 Å². The maximum Gasteiger partial charge on any atom is 0.193 e. The summed E-state index contributed by atoms with van der Waals surface area (Å²) in [6.45, 7) is 2.78. The van der Waals surface area contributed by atoms with Gasteiger partial charge in [0.2, 0.25) is 0 Å². The fourth-order valence-electron chi connectivity index (χ4n) is 2.96. The largest absolute Gasteiger partial charge is 0.497 e. The molecule has 0 saturated carbocycles. The van der Waals surface area contributed by atoms with Gasteiger partial charge in [-0.15, -0.1) is 24.0 Å². The summed E-state index contributed by atoms with van der Waals surface area (Å²) in [6, 6.07) is 18.1. The summed E-state index contributed by atoms with van der Waals surface area (Å²) < 4.78 is 5.30. The van der Waals surface area contributed by atoms with E-state index in [0.29, 0.717) is 11.9 Å². The molecule has 2 aromatic carbocycles. The minimum Gasteiger partial charge on any atom is -0.497 e. The molecule has 1 unspecified atom stereocenters. The average molecular weight is 452 g/mol. The lowest BCUT2D eigenvalue weighted by atomic mass is 10.1. The third kappa shape index (κ3) is 5.52. The molecule has 0 radical (unpaired) electrons. The Kier molecular flexibility index (Phi) is 7.36. The molecule has 25 heavy (non-hydrogen) atoms. The minimum atomic E-state index is 0. The second-order valence-corrected chi connectivity index (χ2v) is 6.02. The first kappa shape index (κ1) is 19.4. The Labute approximate surface area is 166 Å². The standard InChI is InChI=1S/C19H24N4O.HI/c1-24-18-9-5-8-17(12-18)23-11-10-15(14-23)13-21-19(20)22-16-6-3-2-4-7-16;/h2-9,12,15H,10-11,13-14H2,1H3,(H3,20,21,22);1H. The van der Waals surface area contributed by atoms with Crippen molar-refractivity contribution in [2.24, 2.45) is 16.6 Å². The van der Waals surface area contributed by atoms with Crippen LogP contribution in [0.5, 0.6) is 5.75 Å². The summed E-state index contributed by atoms with van der Waals surface area (Å²) in [5, 5.41) is 3.12. The summed E-state index contributed by atoms with van der Waals surface area (Å²) in [7, 11) is 1.70. The van der Waals surface area contributed by atoms with Crippen molar-refractivity contribution in [3.05, 3.63) is 54.6 Å². The summed E-state index contributed by atoms with van der Waals surface area (Å²) in [5.74, 6) is 1.89. The number of hydrogen-bond acceptors (Lipinski definition) is 3. The molecular weight excluding hydrogens is 427 g/mol. The van der Waals surface area contributed by atoms with E-state index in [9.17, 15) is 0 Å². The van der Waals surface area contributed by atoms with Crippen LogP contribution in [0.15, 0.2) is 59.6 Å². The summed E-state index contributed by atoms with van der Waals surface area (Å²) in [6.07, 6.45) is 1.12. The van der Waals surface area contributed by atoms with E-state index in [1.54, 1.807) is 7.11 Å². The number of nitrogens with one attached hydrogen (secondary N) is 1. The molecule has 1 heterocycles. The second-order valence-electron chi connectivity index (χ2n) is 6.02. The first-order valence-corrected chi connectivity index (χ1v) is 8.25. The molecule has 0 bridgehead atoms. The molecule has 3 rings (SSSR count). The van der Waals surface area contributed by atoms with Crippen LogP contribution < -0.4 is 20.7 Å². The zero-order chi connectivity index (χ0) is 16.8. The smallest absolute Gasteiger partial charge is 0.193 e. The predicted octanol–water partition coefficient (Wildman–Crippen LogP) is 3.57. The lowest BCUT2D eigenvalue weighted by Crippen LogP contribution is -2.25. The lowest BCUT2D eigenvalue weighted by Gasteiger charge is -2.19. The number of methoxy groups -OCH3 is 1. The number of guanidine groups is 1. The first-order valence-electron chi connectivity index (χ1n) is 8.25. The summed E-state index contributed by atoms with van der Waals surface area (Å²) >= 11 is 0. The zero-order valence-corrected chi connectivity index (χ0v) is 16.7. The monoisotopic (exact) mass is 452 g/mol. The van der Waals surface area contributed by atoms with E-state index in [4.69, 9.17) is 10.5 Å². The highest BCUT2D eigenvalue weighted by Crippen LogP contribution is 2.26. The highest BCUT2D eigenvalue weighted by Gasteiger charge is 2.22. The molecule has 1 atom stereocenters. The van der Waals surface area contributed by atoms with Crippen LogP contribution in [-0.4, -0.2) is 32.7 Å². The van der Waals surface area contributed by atoms with Crippen molar-refractivity contribution in [2.45, 2.75) is 6.42 Å². The van der Waals surface area contributed by atoms with Crippen LogP contribution >= 0.6 is 24.0 Å². The van der Waals surface area contributed by atoms with E-state index in [2.05, 4.69) is 27.3 Å². The molecule has 2 aromatic rings. The van der Waals surface area contributed by atoms with Gasteiger partial charge in [0.1, 0.15) is 5.75 Å². The average Bonchev–Trinajstić information content (AvgIpc) is 3.10. The fourth-order valence-corrected chi connectivity index (χ4v) is 2.96. The van der Waals surface area contributed by atoms with Gasteiger partial charge in [0, 0.05) is 37.1 Å². The molecule has 3 N–H and O–H groups in total. The van der Waals surface area contributed by atoms with E-state index in [1.807, 2.05) is 42.5 Å². The van der Waals surface area contributed by atoms with Gasteiger partial charge in [-0.3, -0.25) is 4.99 Å². The molecule has 0 amide bonds. The second kappa shape index (κ2) is 9.50. The van der Waals surface area contributed by atoms with E-state index >= 15 is 0 Å². The zero-order valence-electron chi connectivity index (χ0n) is 14.4.